The molecule has 1 N–H and O–H groups in total. The number of nitrogens with one attached hydrogen (secondary N) is 1. The molecule has 1 heterocycles. The van der Waals surface area contributed by atoms with Gasteiger partial charge >= 0.3 is 0 Å². The fraction of sp³-hybridized carbons (Fsp3) is 0.529. The van der Waals surface area contributed by atoms with Crippen molar-refractivity contribution in [2.75, 3.05) is 6.54 Å². The second-order valence-electron chi connectivity index (χ2n) is 5.52. The number of hydrogen-bond acceptors (Lipinski definition) is 3. The number of benzene rings is 1. The number of aromatic nitrogens is 3. The summed E-state index contributed by atoms with van der Waals surface area (Å²) < 4.78 is 1.98. The zero-order valence-electron chi connectivity index (χ0n) is 13.1. The normalized spacial score (nSPS) is 12.5. The molecule has 4 nitrogen and oxygen atoms in total. The van der Waals surface area contributed by atoms with Crippen LogP contribution < -0.4 is 5.32 Å². The highest BCUT2D eigenvalue weighted by molar-refractivity contribution is 5.18. The van der Waals surface area contributed by atoms with Gasteiger partial charge < -0.3 is 9.88 Å². The Bertz CT molecular complexity index is 507. The second kappa shape index (κ2) is 8.57. The molecule has 1 unspecified atom stereocenters. The number of aryl methyl sites for hydroxylation is 1. The van der Waals surface area contributed by atoms with E-state index >= 15 is 0 Å². The van der Waals surface area contributed by atoms with Gasteiger partial charge in [-0.3, -0.25) is 0 Å². The van der Waals surface area contributed by atoms with Gasteiger partial charge in [0.2, 0.25) is 0 Å². The quantitative estimate of drug-likeness (QED) is 0.719. The van der Waals surface area contributed by atoms with E-state index in [1.165, 1.54) is 31.2 Å². The van der Waals surface area contributed by atoms with Crippen LogP contribution in [0.1, 0.15) is 50.0 Å². The number of hydrogen-bond donors (Lipinski definition) is 1. The fourth-order valence-corrected chi connectivity index (χ4v) is 2.56. The third-order valence-electron chi connectivity index (χ3n) is 3.84. The molecule has 1 atom stereocenters. The second-order valence-corrected chi connectivity index (χ2v) is 5.52. The molecule has 0 fully saturated rings. The van der Waals surface area contributed by atoms with Gasteiger partial charge in [-0.25, -0.2) is 0 Å². The minimum absolute atomic E-state index is 0.436. The number of unbranched alkanes of at least 4 members (excludes halogenated alkanes) is 2. The van der Waals surface area contributed by atoms with Crippen LogP contribution in [0.5, 0.6) is 0 Å². The predicted molar refractivity (Wildman–Crippen MR) is 86.0 cm³/mol. The van der Waals surface area contributed by atoms with Gasteiger partial charge in [-0.1, -0.05) is 56.5 Å². The molecule has 4 heteroatoms. The van der Waals surface area contributed by atoms with E-state index < -0.39 is 0 Å². The summed E-state index contributed by atoms with van der Waals surface area (Å²) in [5.74, 6) is 1.03. The first-order valence-corrected chi connectivity index (χ1v) is 7.92. The van der Waals surface area contributed by atoms with Gasteiger partial charge in [0.25, 0.3) is 0 Å². The number of nitrogens with zero attached hydrogens (tertiary/aromatic N) is 3. The van der Waals surface area contributed by atoms with Crippen LogP contribution in [-0.4, -0.2) is 21.3 Å². The monoisotopic (exact) mass is 286 g/mol. The average molecular weight is 286 g/mol. The lowest BCUT2D eigenvalue weighted by molar-refractivity contribution is 0.473. The van der Waals surface area contributed by atoms with Crippen molar-refractivity contribution in [1.29, 1.82) is 0 Å². The van der Waals surface area contributed by atoms with Gasteiger partial charge in [0.15, 0.2) is 0 Å². The molecular weight excluding hydrogens is 260 g/mol. The molecule has 1 aromatic heterocycles. The van der Waals surface area contributed by atoms with Gasteiger partial charge in [-0.2, -0.15) is 0 Å². The average Bonchev–Trinajstić information content (AvgIpc) is 2.92. The van der Waals surface area contributed by atoms with Gasteiger partial charge in [0, 0.05) is 26.1 Å². The lowest BCUT2D eigenvalue weighted by atomic mass is 10.0. The Morgan fingerprint density at radius 1 is 1.19 bits per heavy atom. The SMILES string of the molecule is CCCCCC(NCCc1nncn1C)c1ccccc1. The zero-order chi connectivity index (χ0) is 14.9. The van der Waals surface area contributed by atoms with Crippen LogP contribution in [0.3, 0.4) is 0 Å². The van der Waals surface area contributed by atoms with Crippen molar-refractivity contribution in [3.05, 3.63) is 48.0 Å². The third kappa shape index (κ3) is 4.97. The Kier molecular flexibility index (Phi) is 6.41. The smallest absolute Gasteiger partial charge is 0.133 e. The third-order valence-corrected chi connectivity index (χ3v) is 3.84. The summed E-state index contributed by atoms with van der Waals surface area (Å²) in [5.41, 5.74) is 1.38. The largest absolute Gasteiger partial charge is 0.321 e. The summed E-state index contributed by atoms with van der Waals surface area (Å²) in [6.07, 6.45) is 7.69. The molecule has 0 saturated heterocycles. The van der Waals surface area contributed by atoms with Crippen LogP contribution in [0.15, 0.2) is 36.7 Å². The van der Waals surface area contributed by atoms with E-state index in [1.54, 1.807) is 6.33 Å². The first kappa shape index (κ1) is 15.7. The Labute approximate surface area is 127 Å². The Morgan fingerprint density at radius 3 is 2.67 bits per heavy atom. The lowest BCUT2D eigenvalue weighted by Crippen LogP contribution is -2.24. The molecule has 0 amide bonds. The molecule has 114 valence electrons. The molecule has 2 rings (SSSR count). The highest BCUT2D eigenvalue weighted by atomic mass is 15.2. The van der Waals surface area contributed by atoms with Crippen LogP contribution in [-0.2, 0) is 13.5 Å². The molecule has 0 saturated carbocycles. The van der Waals surface area contributed by atoms with Gasteiger partial charge in [0.05, 0.1) is 0 Å². The molecule has 0 aliphatic carbocycles. The summed E-state index contributed by atoms with van der Waals surface area (Å²) in [7, 11) is 1.99. The molecular formula is C17H26N4. The maximum Gasteiger partial charge on any atom is 0.133 e. The Morgan fingerprint density at radius 2 is 2.00 bits per heavy atom. The van der Waals surface area contributed by atoms with E-state index in [0.717, 1.165) is 18.8 Å². The summed E-state index contributed by atoms with van der Waals surface area (Å²) in [6.45, 7) is 3.18. The van der Waals surface area contributed by atoms with E-state index in [-0.39, 0.29) is 0 Å². The molecule has 0 aliphatic heterocycles. The van der Waals surface area contributed by atoms with Crippen LogP contribution >= 0.6 is 0 Å². The standard InChI is InChI=1S/C17H26N4/c1-3-4-6-11-16(15-9-7-5-8-10-15)18-13-12-17-20-19-14-21(17)2/h5,7-10,14,16,18H,3-4,6,11-13H2,1-2H3. The Hall–Kier alpha value is -1.68. The van der Waals surface area contributed by atoms with Crippen molar-refractivity contribution in [2.24, 2.45) is 7.05 Å². The molecule has 0 bridgehead atoms. The molecule has 0 aliphatic rings. The van der Waals surface area contributed by atoms with Crippen molar-refractivity contribution >= 4 is 0 Å². The fourth-order valence-electron chi connectivity index (χ4n) is 2.56. The van der Waals surface area contributed by atoms with Crippen molar-refractivity contribution in [1.82, 2.24) is 20.1 Å². The highest BCUT2D eigenvalue weighted by Crippen LogP contribution is 2.19. The summed E-state index contributed by atoms with van der Waals surface area (Å²) >= 11 is 0. The Balaban J connectivity index is 1.88. The molecule has 1 aromatic carbocycles. The molecule has 0 radical (unpaired) electrons. The van der Waals surface area contributed by atoms with Gasteiger partial charge in [-0.15, -0.1) is 10.2 Å². The van der Waals surface area contributed by atoms with E-state index in [1.807, 2.05) is 11.6 Å². The zero-order valence-corrected chi connectivity index (χ0v) is 13.1. The molecule has 0 spiro atoms. The van der Waals surface area contributed by atoms with Gasteiger partial charge in [-0.05, 0) is 12.0 Å². The topological polar surface area (TPSA) is 42.7 Å². The van der Waals surface area contributed by atoms with E-state index in [2.05, 4.69) is 52.8 Å². The lowest BCUT2D eigenvalue weighted by Gasteiger charge is -2.19. The van der Waals surface area contributed by atoms with Crippen molar-refractivity contribution < 1.29 is 0 Å². The van der Waals surface area contributed by atoms with Crippen LogP contribution in [0.25, 0.3) is 0 Å². The van der Waals surface area contributed by atoms with Crippen molar-refractivity contribution in [3.8, 4) is 0 Å². The van der Waals surface area contributed by atoms with Gasteiger partial charge in [0.1, 0.15) is 12.2 Å². The first-order valence-electron chi connectivity index (χ1n) is 7.92. The van der Waals surface area contributed by atoms with E-state index in [9.17, 15) is 0 Å². The maximum absolute atomic E-state index is 4.13. The predicted octanol–water partition coefficient (Wildman–Crippen LogP) is 3.27. The summed E-state index contributed by atoms with van der Waals surface area (Å²) in [5, 5.41) is 11.7. The molecule has 21 heavy (non-hydrogen) atoms. The first-order chi connectivity index (χ1) is 10.3. The molecule has 2 aromatic rings. The summed E-state index contributed by atoms with van der Waals surface area (Å²) in [6, 6.07) is 11.2. The number of rotatable bonds is 9. The van der Waals surface area contributed by atoms with Crippen LogP contribution in [0.2, 0.25) is 0 Å². The summed E-state index contributed by atoms with van der Waals surface area (Å²) in [4.78, 5) is 0. The highest BCUT2D eigenvalue weighted by Gasteiger charge is 2.10. The minimum atomic E-state index is 0.436. The van der Waals surface area contributed by atoms with Crippen LogP contribution in [0, 0.1) is 0 Å². The van der Waals surface area contributed by atoms with Crippen molar-refractivity contribution in [3.63, 3.8) is 0 Å². The van der Waals surface area contributed by atoms with E-state index in [0.29, 0.717) is 6.04 Å². The van der Waals surface area contributed by atoms with Crippen molar-refractivity contribution in [2.45, 2.75) is 45.1 Å². The maximum atomic E-state index is 4.13. The minimum Gasteiger partial charge on any atom is -0.321 e. The van der Waals surface area contributed by atoms with E-state index in [4.69, 9.17) is 0 Å². The van der Waals surface area contributed by atoms with Crippen LogP contribution in [0.4, 0.5) is 0 Å².